The summed E-state index contributed by atoms with van der Waals surface area (Å²) in [6.45, 7) is 4.09. The zero-order chi connectivity index (χ0) is 20.5. The minimum Gasteiger partial charge on any atom is -0.354 e. The molecule has 1 aromatic carbocycles. The first-order valence-corrected chi connectivity index (χ1v) is 12.6. The van der Waals surface area contributed by atoms with Gasteiger partial charge in [-0.05, 0) is 30.4 Å². The second-order valence-electron chi connectivity index (χ2n) is 7.42. The highest BCUT2D eigenvalue weighted by Gasteiger charge is 2.34. The molecule has 1 unspecified atom stereocenters. The third-order valence-electron chi connectivity index (χ3n) is 5.27. The smallest absolute Gasteiger partial charge is 0.263 e. The number of carbonyl (C=O) groups excluding carboxylic acids is 1. The van der Waals surface area contributed by atoms with E-state index < -0.39 is 25.9 Å². The highest BCUT2D eigenvalue weighted by Crippen LogP contribution is 2.24. The van der Waals surface area contributed by atoms with Crippen LogP contribution in [0.1, 0.15) is 32.3 Å². The molecule has 3 rings (SSSR count). The van der Waals surface area contributed by atoms with Gasteiger partial charge in [0.25, 0.3) is 10.0 Å². The first kappa shape index (κ1) is 20.8. The van der Waals surface area contributed by atoms with Crippen LogP contribution in [-0.2, 0) is 24.7 Å². The zero-order valence-corrected chi connectivity index (χ0v) is 17.5. The number of amidine groups is 1. The lowest BCUT2D eigenvalue weighted by Crippen LogP contribution is -2.41. The van der Waals surface area contributed by atoms with E-state index in [0.29, 0.717) is 18.4 Å². The molecular weight excluding hydrogens is 402 g/mol. The normalized spacial score (nSPS) is 25.6. The van der Waals surface area contributed by atoms with Crippen LogP contribution in [0, 0.1) is 11.8 Å². The Morgan fingerprint density at radius 2 is 2.00 bits per heavy atom. The lowest BCUT2D eigenvalue weighted by atomic mass is 9.98. The summed E-state index contributed by atoms with van der Waals surface area (Å²) in [5.74, 6) is -0.122. The number of nitrogens with zero attached hydrogens (tertiary/aromatic N) is 1. The minimum atomic E-state index is -3.68. The Morgan fingerprint density at radius 1 is 1.29 bits per heavy atom. The summed E-state index contributed by atoms with van der Waals surface area (Å²) >= 11 is 0. The number of aliphatic imine (C=N–C) groups is 1. The maximum Gasteiger partial charge on any atom is 0.263 e. The fourth-order valence-corrected chi connectivity index (χ4v) is 6.52. The van der Waals surface area contributed by atoms with Gasteiger partial charge in [0.1, 0.15) is 11.9 Å². The van der Waals surface area contributed by atoms with Crippen molar-refractivity contribution >= 4 is 31.6 Å². The summed E-state index contributed by atoms with van der Waals surface area (Å²) in [7, 11) is -6.68. The van der Waals surface area contributed by atoms with Crippen LogP contribution in [0.15, 0.2) is 34.2 Å². The van der Waals surface area contributed by atoms with Crippen molar-refractivity contribution in [3.05, 3.63) is 29.8 Å². The molecule has 8 nitrogen and oxygen atoms in total. The molecule has 2 heterocycles. The van der Waals surface area contributed by atoms with E-state index in [1.54, 1.807) is 18.2 Å². The van der Waals surface area contributed by atoms with Crippen LogP contribution in [0.3, 0.4) is 0 Å². The molecule has 1 amide bonds. The predicted molar refractivity (Wildman–Crippen MR) is 106 cm³/mol. The number of nitrogens with one attached hydrogen (secondary N) is 2. The second kappa shape index (κ2) is 7.82. The van der Waals surface area contributed by atoms with Crippen LogP contribution in [0.25, 0.3) is 0 Å². The molecule has 10 heteroatoms. The topological polar surface area (TPSA) is 122 Å². The lowest BCUT2D eigenvalue weighted by Gasteiger charge is -2.20. The van der Waals surface area contributed by atoms with Gasteiger partial charge in [-0.3, -0.25) is 14.5 Å². The first-order chi connectivity index (χ1) is 13.1. The monoisotopic (exact) mass is 427 g/mol. The van der Waals surface area contributed by atoms with Crippen LogP contribution in [0.2, 0.25) is 0 Å². The van der Waals surface area contributed by atoms with E-state index >= 15 is 0 Å². The zero-order valence-electron chi connectivity index (χ0n) is 15.9. The molecule has 0 aromatic heterocycles. The molecule has 0 saturated carbocycles. The van der Waals surface area contributed by atoms with Gasteiger partial charge in [-0.2, -0.15) is 0 Å². The molecule has 0 spiro atoms. The number of sulfonamides is 1. The fourth-order valence-electron chi connectivity index (χ4n) is 3.42. The number of carbonyl (C=O) groups is 1. The van der Waals surface area contributed by atoms with Crippen molar-refractivity contribution in [2.75, 3.05) is 18.1 Å². The molecule has 154 valence electrons. The number of hydrogen-bond donors (Lipinski definition) is 2. The van der Waals surface area contributed by atoms with E-state index in [9.17, 15) is 21.6 Å². The molecule has 2 aliphatic heterocycles. The van der Waals surface area contributed by atoms with Crippen molar-refractivity contribution in [3.63, 3.8) is 0 Å². The largest absolute Gasteiger partial charge is 0.354 e. The lowest BCUT2D eigenvalue weighted by molar-refractivity contribution is -0.123. The molecule has 0 aliphatic carbocycles. The van der Waals surface area contributed by atoms with Crippen LogP contribution < -0.4 is 10.0 Å². The minimum absolute atomic E-state index is 0.0863. The van der Waals surface area contributed by atoms with Crippen molar-refractivity contribution in [1.82, 2.24) is 10.0 Å². The highest BCUT2D eigenvalue weighted by molar-refractivity contribution is 7.91. The number of benzene rings is 1. The van der Waals surface area contributed by atoms with E-state index in [0.717, 1.165) is 0 Å². The van der Waals surface area contributed by atoms with E-state index in [1.165, 1.54) is 6.07 Å². The SMILES string of the molecule is CC[C@H](C)[C@H](N=C1NS(=O)(=O)c2ccccc21)C(=O)NCC1CCS(=O)(=O)C1. The van der Waals surface area contributed by atoms with Gasteiger partial charge in [-0.15, -0.1) is 0 Å². The number of hydrogen-bond acceptors (Lipinski definition) is 6. The van der Waals surface area contributed by atoms with Gasteiger partial charge in [-0.1, -0.05) is 32.4 Å². The molecule has 1 aromatic rings. The van der Waals surface area contributed by atoms with E-state index in [4.69, 9.17) is 0 Å². The van der Waals surface area contributed by atoms with Crippen LogP contribution in [0.4, 0.5) is 0 Å². The van der Waals surface area contributed by atoms with Crippen LogP contribution in [0.5, 0.6) is 0 Å². The van der Waals surface area contributed by atoms with Gasteiger partial charge in [0.2, 0.25) is 5.91 Å². The standard InChI is InChI=1S/C18H25N3O5S2/c1-3-12(2)16(18(22)19-10-13-8-9-27(23,24)11-13)20-17-14-6-4-5-7-15(14)28(25,26)21-17/h4-7,12-13,16H,3,8-11H2,1-2H3,(H,19,22)(H,20,21)/t12-,13?,16-/m0/s1. The van der Waals surface area contributed by atoms with Crippen molar-refractivity contribution in [2.24, 2.45) is 16.8 Å². The Morgan fingerprint density at radius 3 is 2.64 bits per heavy atom. The van der Waals surface area contributed by atoms with Crippen molar-refractivity contribution < 1.29 is 21.6 Å². The van der Waals surface area contributed by atoms with Gasteiger partial charge in [0.05, 0.1) is 16.4 Å². The Balaban J connectivity index is 1.80. The molecule has 2 N–H and O–H groups in total. The quantitative estimate of drug-likeness (QED) is 0.692. The third kappa shape index (κ3) is 4.38. The van der Waals surface area contributed by atoms with Gasteiger partial charge < -0.3 is 5.32 Å². The number of rotatable bonds is 6. The molecule has 0 radical (unpaired) electrons. The number of fused-ring (bicyclic) bond motifs is 1. The second-order valence-corrected chi connectivity index (χ2v) is 11.3. The fraction of sp³-hybridized carbons (Fsp3) is 0.556. The summed E-state index contributed by atoms with van der Waals surface area (Å²) in [5.41, 5.74) is 0.450. The predicted octanol–water partition coefficient (Wildman–Crippen LogP) is 0.691. The van der Waals surface area contributed by atoms with Crippen LogP contribution >= 0.6 is 0 Å². The van der Waals surface area contributed by atoms with Gasteiger partial charge in [0, 0.05) is 12.1 Å². The molecule has 3 atom stereocenters. The van der Waals surface area contributed by atoms with E-state index in [1.807, 2.05) is 13.8 Å². The maximum absolute atomic E-state index is 12.8. The van der Waals surface area contributed by atoms with Crippen molar-refractivity contribution in [1.29, 1.82) is 0 Å². The van der Waals surface area contributed by atoms with Gasteiger partial charge in [0.15, 0.2) is 9.84 Å². The van der Waals surface area contributed by atoms with Crippen molar-refractivity contribution in [3.8, 4) is 0 Å². The summed E-state index contributed by atoms with van der Waals surface area (Å²) in [6, 6.07) is 5.73. The highest BCUT2D eigenvalue weighted by atomic mass is 32.2. The summed E-state index contributed by atoms with van der Waals surface area (Å²) in [4.78, 5) is 17.4. The molecule has 1 fully saturated rings. The number of sulfone groups is 1. The Bertz CT molecular complexity index is 1000. The number of amides is 1. The molecular formula is C18H25N3O5S2. The summed E-state index contributed by atoms with van der Waals surface area (Å²) in [5, 5.41) is 2.81. The molecule has 1 saturated heterocycles. The first-order valence-electron chi connectivity index (χ1n) is 9.31. The van der Waals surface area contributed by atoms with Gasteiger partial charge in [-0.25, -0.2) is 16.8 Å². The molecule has 2 aliphatic rings. The van der Waals surface area contributed by atoms with E-state index in [2.05, 4.69) is 15.0 Å². The molecule has 0 bridgehead atoms. The Labute approximate surface area is 165 Å². The van der Waals surface area contributed by atoms with Gasteiger partial charge >= 0.3 is 0 Å². The van der Waals surface area contributed by atoms with Crippen LogP contribution in [-0.4, -0.2) is 52.7 Å². The third-order valence-corrected chi connectivity index (χ3v) is 8.51. The van der Waals surface area contributed by atoms with E-state index in [-0.39, 0.29) is 46.5 Å². The summed E-state index contributed by atoms with van der Waals surface area (Å²) in [6.07, 6.45) is 1.22. The maximum atomic E-state index is 12.8. The average Bonchev–Trinajstić information content (AvgIpc) is 3.13. The Kier molecular flexibility index (Phi) is 5.81. The van der Waals surface area contributed by atoms with Crippen molar-refractivity contribution in [2.45, 2.75) is 37.6 Å². The summed E-state index contributed by atoms with van der Waals surface area (Å²) < 4.78 is 50.1. The Hall–Kier alpha value is -1.94. The average molecular weight is 428 g/mol. The molecule has 28 heavy (non-hydrogen) atoms.